The van der Waals surface area contributed by atoms with E-state index in [-0.39, 0.29) is 12.0 Å². The largest absolute Gasteiger partial charge is 0.392 e. The van der Waals surface area contributed by atoms with Crippen LogP contribution in [-0.4, -0.2) is 17.8 Å². The summed E-state index contributed by atoms with van der Waals surface area (Å²) in [5.74, 6) is 1.08. The predicted molar refractivity (Wildman–Crippen MR) is 78.4 cm³/mol. The fraction of sp³-hybridized carbons (Fsp3) is 0.600. The van der Waals surface area contributed by atoms with E-state index in [0.717, 1.165) is 16.5 Å². The lowest BCUT2D eigenvalue weighted by molar-refractivity contribution is 0.0665. The highest BCUT2D eigenvalue weighted by Crippen LogP contribution is 2.38. The van der Waals surface area contributed by atoms with Gasteiger partial charge in [0, 0.05) is 16.9 Å². The summed E-state index contributed by atoms with van der Waals surface area (Å²) in [5, 5.41) is 10.6. The molecule has 0 aromatic heterocycles. The van der Waals surface area contributed by atoms with Crippen molar-refractivity contribution in [2.45, 2.75) is 38.2 Å². The van der Waals surface area contributed by atoms with E-state index < -0.39 is 0 Å². The molecule has 4 unspecified atom stereocenters. The van der Waals surface area contributed by atoms with Crippen molar-refractivity contribution in [3.63, 3.8) is 0 Å². The average Bonchev–Trinajstić information content (AvgIpc) is 2.78. The molecule has 18 heavy (non-hydrogen) atoms. The summed E-state index contributed by atoms with van der Waals surface area (Å²) in [7, 11) is 0. The van der Waals surface area contributed by atoms with E-state index in [4.69, 9.17) is 5.73 Å². The lowest BCUT2D eigenvalue weighted by Crippen LogP contribution is -2.33. The Labute approximate surface area is 118 Å². The molecule has 0 amide bonds. The smallest absolute Gasteiger partial charge is 0.0651 e. The molecule has 0 bridgehead atoms. The highest BCUT2D eigenvalue weighted by atomic mass is 79.9. The SMILES string of the molecule is CC1CCCC1C(O)C(CN)c1ccc(Br)cc1. The van der Waals surface area contributed by atoms with Crippen molar-refractivity contribution >= 4 is 15.9 Å². The van der Waals surface area contributed by atoms with Crippen molar-refractivity contribution < 1.29 is 5.11 Å². The Morgan fingerprint density at radius 3 is 2.50 bits per heavy atom. The van der Waals surface area contributed by atoms with Gasteiger partial charge in [-0.3, -0.25) is 0 Å². The first-order valence-electron chi connectivity index (χ1n) is 6.77. The van der Waals surface area contributed by atoms with Crippen LogP contribution in [0.25, 0.3) is 0 Å². The molecular formula is C15H22BrNO. The third-order valence-corrected chi connectivity index (χ3v) is 4.86. The fourth-order valence-corrected chi connectivity index (χ4v) is 3.43. The van der Waals surface area contributed by atoms with Crippen LogP contribution >= 0.6 is 15.9 Å². The normalized spacial score (nSPS) is 27.1. The van der Waals surface area contributed by atoms with Crippen molar-refractivity contribution in [3.8, 4) is 0 Å². The topological polar surface area (TPSA) is 46.2 Å². The number of nitrogens with two attached hydrogens (primary N) is 1. The Balaban J connectivity index is 2.14. The lowest BCUT2D eigenvalue weighted by Gasteiger charge is -2.29. The van der Waals surface area contributed by atoms with E-state index in [2.05, 4.69) is 35.0 Å². The Morgan fingerprint density at radius 2 is 2.00 bits per heavy atom. The van der Waals surface area contributed by atoms with E-state index >= 15 is 0 Å². The first-order valence-corrected chi connectivity index (χ1v) is 7.56. The van der Waals surface area contributed by atoms with Gasteiger partial charge in [-0.15, -0.1) is 0 Å². The van der Waals surface area contributed by atoms with Crippen LogP contribution in [0.4, 0.5) is 0 Å². The van der Waals surface area contributed by atoms with Crippen LogP contribution in [0.3, 0.4) is 0 Å². The van der Waals surface area contributed by atoms with Gasteiger partial charge in [0.25, 0.3) is 0 Å². The predicted octanol–water partition coefficient (Wildman–Crippen LogP) is 3.29. The van der Waals surface area contributed by atoms with Gasteiger partial charge in [0.15, 0.2) is 0 Å². The molecule has 4 atom stereocenters. The zero-order valence-electron chi connectivity index (χ0n) is 10.8. The van der Waals surface area contributed by atoms with Crippen molar-refractivity contribution in [1.29, 1.82) is 0 Å². The second-order valence-corrected chi connectivity index (χ2v) is 6.37. The van der Waals surface area contributed by atoms with Crippen LogP contribution in [0.5, 0.6) is 0 Å². The van der Waals surface area contributed by atoms with E-state index in [1.54, 1.807) is 0 Å². The van der Waals surface area contributed by atoms with Crippen molar-refractivity contribution in [2.24, 2.45) is 17.6 Å². The van der Waals surface area contributed by atoms with Crippen LogP contribution < -0.4 is 5.73 Å². The highest BCUT2D eigenvalue weighted by molar-refractivity contribution is 9.10. The number of aliphatic hydroxyl groups excluding tert-OH is 1. The minimum absolute atomic E-state index is 0.0589. The number of rotatable bonds is 4. The summed E-state index contributed by atoms with van der Waals surface area (Å²) in [5.41, 5.74) is 7.03. The summed E-state index contributed by atoms with van der Waals surface area (Å²) in [6.07, 6.45) is 3.29. The van der Waals surface area contributed by atoms with Crippen LogP contribution in [0.2, 0.25) is 0 Å². The summed E-state index contributed by atoms with van der Waals surface area (Å²) in [4.78, 5) is 0. The molecule has 100 valence electrons. The van der Waals surface area contributed by atoms with Crippen molar-refractivity contribution in [2.75, 3.05) is 6.54 Å². The fourth-order valence-electron chi connectivity index (χ4n) is 3.16. The maximum Gasteiger partial charge on any atom is 0.0651 e. The molecule has 1 aliphatic carbocycles. The standard InChI is InChI=1S/C15H22BrNO/c1-10-3-2-4-13(10)15(18)14(9-17)11-5-7-12(16)8-6-11/h5-8,10,13-15,18H,2-4,9,17H2,1H3. The van der Waals surface area contributed by atoms with Gasteiger partial charge in [-0.25, -0.2) is 0 Å². The van der Waals surface area contributed by atoms with Crippen molar-refractivity contribution in [1.82, 2.24) is 0 Å². The molecule has 1 saturated carbocycles. The van der Waals surface area contributed by atoms with Crippen LogP contribution in [0.15, 0.2) is 28.7 Å². The quantitative estimate of drug-likeness (QED) is 0.896. The van der Waals surface area contributed by atoms with E-state index in [1.165, 1.54) is 12.8 Å². The zero-order chi connectivity index (χ0) is 13.1. The molecule has 0 spiro atoms. The van der Waals surface area contributed by atoms with Gasteiger partial charge < -0.3 is 10.8 Å². The van der Waals surface area contributed by atoms with Gasteiger partial charge in [-0.05, 0) is 36.0 Å². The molecule has 3 N–H and O–H groups in total. The minimum atomic E-state index is -0.311. The van der Waals surface area contributed by atoms with Gasteiger partial charge in [-0.2, -0.15) is 0 Å². The molecule has 0 saturated heterocycles. The second kappa shape index (κ2) is 6.18. The molecule has 3 heteroatoms. The van der Waals surface area contributed by atoms with Gasteiger partial charge >= 0.3 is 0 Å². The molecule has 0 heterocycles. The molecule has 0 radical (unpaired) electrons. The third kappa shape index (κ3) is 2.95. The van der Waals surface area contributed by atoms with E-state index in [1.807, 2.05) is 12.1 Å². The summed E-state index contributed by atoms with van der Waals surface area (Å²) in [6, 6.07) is 8.15. The average molecular weight is 312 g/mol. The summed E-state index contributed by atoms with van der Waals surface area (Å²) < 4.78 is 1.06. The number of hydrogen-bond donors (Lipinski definition) is 2. The number of aliphatic hydroxyl groups is 1. The molecule has 0 aliphatic heterocycles. The third-order valence-electron chi connectivity index (χ3n) is 4.33. The lowest BCUT2D eigenvalue weighted by atomic mass is 9.81. The molecule has 2 rings (SSSR count). The Bertz CT molecular complexity index is 379. The van der Waals surface area contributed by atoms with Crippen LogP contribution in [0.1, 0.15) is 37.7 Å². The van der Waals surface area contributed by atoms with Crippen molar-refractivity contribution in [3.05, 3.63) is 34.3 Å². The summed E-state index contributed by atoms with van der Waals surface area (Å²) in [6.45, 7) is 2.75. The maximum absolute atomic E-state index is 10.6. The number of hydrogen-bond acceptors (Lipinski definition) is 2. The summed E-state index contributed by atoms with van der Waals surface area (Å²) >= 11 is 3.44. The Kier molecular flexibility index (Phi) is 4.82. The molecular weight excluding hydrogens is 290 g/mol. The van der Waals surface area contributed by atoms with Crippen LogP contribution in [-0.2, 0) is 0 Å². The first kappa shape index (κ1) is 14.0. The monoisotopic (exact) mass is 311 g/mol. The maximum atomic E-state index is 10.6. The zero-order valence-corrected chi connectivity index (χ0v) is 12.4. The number of halogens is 1. The number of benzene rings is 1. The Morgan fingerprint density at radius 1 is 1.33 bits per heavy atom. The van der Waals surface area contributed by atoms with Gasteiger partial charge in [0.1, 0.15) is 0 Å². The first-order chi connectivity index (χ1) is 8.63. The van der Waals surface area contributed by atoms with Gasteiger partial charge in [-0.1, -0.05) is 47.8 Å². The molecule has 1 aliphatic rings. The van der Waals surface area contributed by atoms with Crippen LogP contribution in [0, 0.1) is 11.8 Å². The molecule has 1 aromatic carbocycles. The molecule has 1 fully saturated rings. The molecule has 2 nitrogen and oxygen atoms in total. The van der Waals surface area contributed by atoms with E-state index in [0.29, 0.717) is 18.4 Å². The highest BCUT2D eigenvalue weighted by Gasteiger charge is 2.34. The molecule has 1 aromatic rings. The van der Waals surface area contributed by atoms with E-state index in [9.17, 15) is 5.11 Å². The minimum Gasteiger partial charge on any atom is -0.392 e. The Hall–Kier alpha value is -0.380. The van der Waals surface area contributed by atoms with Gasteiger partial charge in [0.2, 0.25) is 0 Å². The van der Waals surface area contributed by atoms with Gasteiger partial charge in [0.05, 0.1) is 6.10 Å². The second-order valence-electron chi connectivity index (χ2n) is 5.46.